The number of nitrogens with zero attached hydrogens (tertiary/aromatic N) is 1. The van der Waals surface area contributed by atoms with E-state index >= 15 is 0 Å². The lowest BCUT2D eigenvalue weighted by molar-refractivity contribution is 0.0940. The molecule has 0 saturated carbocycles. The minimum absolute atomic E-state index is 0. The molecule has 1 aliphatic heterocycles. The fourth-order valence-electron chi connectivity index (χ4n) is 3.73. The summed E-state index contributed by atoms with van der Waals surface area (Å²) in [7, 11) is 0. The SMILES string of the molecule is C[C@@H](NC(=O)c1cc(C2=CCNCC2)cc2cn[nH]c12)c1cccc(C(F)F)c1F.Cl. The molecule has 0 radical (unpaired) electrons. The van der Waals surface area contributed by atoms with E-state index in [1.165, 1.54) is 12.1 Å². The van der Waals surface area contributed by atoms with E-state index in [2.05, 4.69) is 26.9 Å². The Labute approximate surface area is 183 Å². The number of alkyl halides is 2. The van der Waals surface area contributed by atoms with Gasteiger partial charge in [0.15, 0.2) is 0 Å². The molecule has 164 valence electrons. The van der Waals surface area contributed by atoms with Crippen LogP contribution in [0.2, 0.25) is 0 Å². The van der Waals surface area contributed by atoms with Gasteiger partial charge in [-0.25, -0.2) is 13.2 Å². The molecule has 1 aromatic heterocycles. The first-order chi connectivity index (χ1) is 14.5. The first-order valence-electron chi connectivity index (χ1n) is 9.70. The summed E-state index contributed by atoms with van der Waals surface area (Å²) in [4.78, 5) is 13.0. The number of fused-ring (bicyclic) bond motifs is 1. The summed E-state index contributed by atoms with van der Waals surface area (Å²) in [6.45, 7) is 3.18. The van der Waals surface area contributed by atoms with Crippen LogP contribution in [0.4, 0.5) is 13.2 Å². The van der Waals surface area contributed by atoms with Crippen LogP contribution in [0.3, 0.4) is 0 Å². The number of amides is 1. The van der Waals surface area contributed by atoms with E-state index in [4.69, 9.17) is 0 Å². The predicted octanol–water partition coefficient (Wildman–Crippen LogP) is 4.93. The molecule has 31 heavy (non-hydrogen) atoms. The molecule has 1 atom stereocenters. The number of H-pyrrole nitrogens is 1. The van der Waals surface area contributed by atoms with Crippen molar-refractivity contribution in [1.29, 1.82) is 0 Å². The van der Waals surface area contributed by atoms with Gasteiger partial charge in [0.1, 0.15) is 5.82 Å². The lowest BCUT2D eigenvalue weighted by Crippen LogP contribution is -2.28. The Bertz CT molecular complexity index is 1130. The molecule has 9 heteroatoms. The molecule has 0 unspecified atom stereocenters. The Morgan fingerprint density at radius 1 is 1.23 bits per heavy atom. The Morgan fingerprint density at radius 2 is 2.00 bits per heavy atom. The van der Waals surface area contributed by atoms with Crippen molar-refractivity contribution in [3.05, 3.63) is 70.7 Å². The molecule has 3 N–H and O–H groups in total. The minimum Gasteiger partial charge on any atom is -0.345 e. The number of carbonyl (C=O) groups is 1. The second-order valence-corrected chi connectivity index (χ2v) is 7.29. The number of hydrogen-bond acceptors (Lipinski definition) is 3. The molecule has 0 fully saturated rings. The molecule has 0 saturated heterocycles. The average Bonchev–Trinajstić information content (AvgIpc) is 3.22. The third-order valence-corrected chi connectivity index (χ3v) is 5.34. The summed E-state index contributed by atoms with van der Waals surface area (Å²) >= 11 is 0. The van der Waals surface area contributed by atoms with Crippen molar-refractivity contribution in [2.75, 3.05) is 13.1 Å². The maximum Gasteiger partial charge on any atom is 0.266 e. The van der Waals surface area contributed by atoms with Crippen LogP contribution in [0, 0.1) is 5.82 Å². The minimum atomic E-state index is -2.92. The molecule has 1 amide bonds. The van der Waals surface area contributed by atoms with Crippen LogP contribution in [0.15, 0.2) is 42.6 Å². The van der Waals surface area contributed by atoms with Gasteiger partial charge in [0.25, 0.3) is 12.3 Å². The molecule has 3 aromatic rings. The van der Waals surface area contributed by atoms with Crippen molar-refractivity contribution in [1.82, 2.24) is 20.8 Å². The van der Waals surface area contributed by atoms with Gasteiger partial charge in [-0.2, -0.15) is 5.10 Å². The molecule has 2 aromatic carbocycles. The van der Waals surface area contributed by atoms with E-state index in [1.807, 2.05) is 6.07 Å². The molecule has 1 aliphatic rings. The van der Waals surface area contributed by atoms with Crippen molar-refractivity contribution in [3.63, 3.8) is 0 Å². The number of nitrogens with one attached hydrogen (secondary N) is 3. The Hall–Kier alpha value is -2.84. The second-order valence-electron chi connectivity index (χ2n) is 7.29. The molecule has 0 spiro atoms. The molecule has 0 bridgehead atoms. The topological polar surface area (TPSA) is 69.8 Å². The quantitative estimate of drug-likeness (QED) is 0.516. The summed E-state index contributed by atoms with van der Waals surface area (Å²) < 4.78 is 40.5. The van der Waals surface area contributed by atoms with Gasteiger partial charge in [0.05, 0.1) is 28.9 Å². The maximum absolute atomic E-state index is 14.5. The van der Waals surface area contributed by atoms with E-state index in [0.717, 1.165) is 42.1 Å². The highest BCUT2D eigenvalue weighted by Crippen LogP contribution is 2.29. The summed E-state index contributed by atoms with van der Waals surface area (Å²) in [5.74, 6) is -1.43. The zero-order chi connectivity index (χ0) is 21.3. The smallest absolute Gasteiger partial charge is 0.266 e. The number of hydrogen-bond donors (Lipinski definition) is 3. The monoisotopic (exact) mass is 450 g/mol. The predicted molar refractivity (Wildman–Crippen MR) is 116 cm³/mol. The molecule has 4 rings (SSSR count). The third-order valence-electron chi connectivity index (χ3n) is 5.34. The fourth-order valence-corrected chi connectivity index (χ4v) is 3.73. The van der Waals surface area contributed by atoms with E-state index in [1.54, 1.807) is 19.2 Å². The number of aromatic nitrogens is 2. The number of aromatic amines is 1. The van der Waals surface area contributed by atoms with Gasteiger partial charge in [0, 0.05) is 17.5 Å². The molecule has 0 aliphatic carbocycles. The normalized spacial score (nSPS) is 14.8. The second kappa shape index (κ2) is 9.53. The molecular formula is C22H22ClF3N4O. The fraction of sp³-hybridized carbons (Fsp3) is 0.273. The van der Waals surface area contributed by atoms with Crippen molar-refractivity contribution < 1.29 is 18.0 Å². The summed E-state index contributed by atoms with van der Waals surface area (Å²) in [5.41, 5.74) is 2.34. The highest BCUT2D eigenvalue weighted by Gasteiger charge is 2.22. The van der Waals surface area contributed by atoms with E-state index in [9.17, 15) is 18.0 Å². The van der Waals surface area contributed by atoms with Gasteiger partial charge >= 0.3 is 0 Å². The average molecular weight is 451 g/mol. The van der Waals surface area contributed by atoms with Crippen LogP contribution in [0.1, 0.15) is 52.9 Å². The van der Waals surface area contributed by atoms with E-state index in [-0.39, 0.29) is 18.0 Å². The van der Waals surface area contributed by atoms with Crippen LogP contribution in [0.5, 0.6) is 0 Å². The van der Waals surface area contributed by atoms with Gasteiger partial charge in [-0.3, -0.25) is 9.89 Å². The van der Waals surface area contributed by atoms with Crippen molar-refractivity contribution in [3.8, 4) is 0 Å². The van der Waals surface area contributed by atoms with Crippen molar-refractivity contribution >= 4 is 34.8 Å². The Kier molecular flexibility index (Phi) is 7.02. The lowest BCUT2D eigenvalue weighted by Gasteiger charge is -2.18. The summed E-state index contributed by atoms with van der Waals surface area (Å²) in [6.07, 6.45) is 1.64. The zero-order valence-electron chi connectivity index (χ0n) is 16.7. The van der Waals surface area contributed by atoms with Crippen LogP contribution in [0.25, 0.3) is 16.5 Å². The van der Waals surface area contributed by atoms with E-state index < -0.39 is 29.8 Å². The first-order valence-corrected chi connectivity index (χ1v) is 9.70. The number of carbonyl (C=O) groups excluding carboxylic acids is 1. The van der Waals surface area contributed by atoms with Crippen LogP contribution in [-0.4, -0.2) is 29.2 Å². The maximum atomic E-state index is 14.5. The summed E-state index contributed by atoms with van der Waals surface area (Å²) in [6, 6.07) is 6.76. The van der Waals surface area contributed by atoms with Gasteiger partial charge in [-0.05, 0) is 43.2 Å². The highest BCUT2D eigenvalue weighted by molar-refractivity contribution is 6.06. The standard InChI is InChI=1S/C22H21F3N4O.ClH/c1-12(16-3-2-4-17(19(16)23)21(24)25)28-22(30)18-10-14(13-5-7-26-8-6-13)9-15-11-27-29-20(15)18;/h2-5,9-12,21,26H,6-8H2,1H3,(H,27,29)(H,28,30);1H/t12-;/m1./s1. The van der Waals surface area contributed by atoms with Crippen LogP contribution >= 0.6 is 12.4 Å². The third kappa shape index (κ3) is 4.60. The van der Waals surface area contributed by atoms with Crippen molar-refractivity contribution in [2.45, 2.75) is 25.8 Å². The zero-order valence-corrected chi connectivity index (χ0v) is 17.5. The van der Waals surface area contributed by atoms with Crippen LogP contribution < -0.4 is 10.6 Å². The molecular weight excluding hydrogens is 429 g/mol. The molecule has 5 nitrogen and oxygen atoms in total. The van der Waals surface area contributed by atoms with E-state index in [0.29, 0.717) is 11.1 Å². The summed E-state index contributed by atoms with van der Waals surface area (Å²) in [5, 5.41) is 13.6. The van der Waals surface area contributed by atoms with Crippen LogP contribution in [-0.2, 0) is 0 Å². The lowest BCUT2D eigenvalue weighted by atomic mass is 9.96. The van der Waals surface area contributed by atoms with Gasteiger partial charge < -0.3 is 10.6 Å². The first kappa shape index (κ1) is 22.8. The number of halogens is 4. The Morgan fingerprint density at radius 3 is 2.71 bits per heavy atom. The Balaban J connectivity index is 0.00000272. The molecule has 2 heterocycles. The highest BCUT2D eigenvalue weighted by atomic mass is 35.5. The van der Waals surface area contributed by atoms with Gasteiger partial charge in [0.2, 0.25) is 0 Å². The number of benzene rings is 2. The van der Waals surface area contributed by atoms with Gasteiger partial charge in [-0.15, -0.1) is 12.4 Å². The number of rotatable bonds is 5. The van der Waals surface area contributed by atoms with Gasteiger partial charge in [-0.1, -0.05) is 24.3 Å². The van der Waals surface area contributed by atoms with Crippen molar-refractivity contribution in [2.24, 2.45) is 0 Å². The largest absolute Gasteiger partial charge is 0.345 e.